The maximum absolute atomic E-state index is 12.9. The summed E-state index contributed by atoms with van der Waals surface area (Å²) >= 11 is 0. The number of aryl methyl sites for hydroxylation is 1. The fraction of sp³-hybridized carbons (Fsp3) is 0.0526. The standard InChI is InChI=1S/C19H14N2O/c1-13-9-10-15-14-6-2-3-8-17(14)21(18(15)12-13)19(22)16-7-4-5-11-20-16/h2-12H,1H3. The number of benzene rings is 2. The number of aromatic nitrogens is 2. The molecule has 0 aliphatic heterocycles. The molecule has 0 aliphatic rings. The van der Waals surface area contributed by atoms with Crippen molar-refractivity contribution in [3.8, 4) is 0 Å². The normalized spacial score (nSPS) is 11.1. The van der Waals surface area contributed by atoms with Gasteiger partial charge in [0.15, 0.2) is 0 Å². The Morgan fingerprint density at radius 2 is 1.68 bits per heavy atom. The van der Waals surface area contributed by atoms with E-state index < -0.39 is 0 Å². The lowest BCUT2D eigenvalue weighted by molar-refractivity contribution is 0.0964. The summed E-state index contributed by atoms with van der Waals surface area (Å²) in [6.07, 6.45) is 1.65. The molecular formula is C19H14N2O. The van der Waals surface area contributed by atoms with Crippen LogP contribution in [-0.4, -0.2) is 15.5 Å². The molecule has 0 spiro atoms. The van der Waals surface area contributed by atoms with Crippen molar-refractivity contribution in [2.24, 2.45) is 0 Å². The number of pyridine rings is 1. The second-order valence-corrected chi connectivity index (χ2v) is 5.39. The zero-order valence-corrected chi connectivity index (χ0v) is 12.2. The molecule has 0 unspecified atom stereocenters. The second-order valence-electron chi connectivity index (χ2n) is 5.39. The van der Waals surface area contributed by atoms with Gasteiger partial charge in [0.25, 0.3) is 5.91 Å². The van der Waals surface area contributed by atoms with Crippen LogP contribution in [-0.2, 0) is 0 Å². The average molecular weight is 286 g/mol. The first-order valence-electron chi connectivity index (χ1n) is 7.21. The SMILES string of the molecule is Cc1ccc2c3ccccc3n(C(=O)c3ccccn3)c2c1. The lowest BCUT2D eigenvalue weighted by atomic mass is 10.1. The Bertz CT molecular complexity index is 1000. The Hall–Kier alpha value is -2.94. The maximum atomic E-state index is 12.9. The molecule has 0 aliphatic carbocycles. The van der Waals surface area contributed by atoms with Crippen molar-refractivity contribution < 1.29 is 4.79 Å². The lowest BCUT2D eigenvalue weighted by Gasteiger charge is -2.05. The summed E-state index contributed by atoms with van der Waals surface area (Å²) in [5, 5.41) is 2.17. The van der Waals surface area contributed by atoms with Gasteiger partial charge in [0.1, 0.15) is 5.69 Å². The van der Waals surface area contributed by atoms with E-state index in [2.05, 4.69) is 29.2 Å². The van der Waals surface area contributed by atoms with E-state index in [1.165, 1.54) is 0 Å². The number of hydrogen-bond acceptors (Lipinski definition) is 2. The van der Waals surface area contributed by atoms with Crippen molar-refractivity contribution in [1.82, 2.24) is 9.55 Å². The number of rotatable bonds is 1. The van der Waals surface area contributed by atoms with Gasteiger partial charge in [-0.3, -0.25) is 14.3 Å². The lowest BCUT2D eigenvalue weighted by Crippen LogP contribution is -2.13. The highest BCUT2D eigenvalue weighted by molar-refractivity contribution is 6.15. The smallest absolute Gasteiger partial charge is 0.274 e. The van der Waals surface area contributed by atoms with E-state index in [0.717, 1.165) is 27.4 Å². The molecule has 3 heteroatoms. The number of para-hydroxylation sites is 1. The van der Waals surface area contributed by atoms with Crippen LogP contribution in [0.15, 0.2) is 66.9 Å². The molecule has 2 heterocycles. The van der Waals surface area contributed by atoms with E-state index in [0.29, 0.717) is 5.69 Å². The summed E-state index contributed by atoms with van der Waals surface area (Å²) in [6.45, 7) is 2.03. The first-order valence-corrected chi connectivity index (χ1v) is 7.21. The fourth-order valence-electron chi connectivity index (χ4n) is 2.90. The Morgan fingerprint density at radius 1 is 0.909 bits per heavy atom. The molecule has 0 N–H and O–H groups in total. The van der Waals surface area contributed by atoms with Crippen LogP contribution in [0.25, 0.3) is 21.8 Å². The van der Waals surface area contributed by atoms with Crippen molar-refractivity contribution in [3.63, 3.8) is 0 Å². The summed E-state index contributed by atoms with van der Waals surface area (Å²) in [7, 11) is 0. The third kappa shape index (κ3) is 1.83. The topological polar surface area (TPSA) is 34.9 Å². The largest absolute Gasteiger partial charge is 0.281 e. The van der Waals surface area contributed by atoms with Crippen molar-refractivity contribution in [2.75, 3.05) is 0 Å². The Morgan fingerprint density at radius 3 is 2.50 bits per heavy atom. The molecule has 2 aromatic heterocycles. The van der Waals surface area contributed by atoms with Gasteiger partial charge >= 0.3 is 0 Å². The number of fused-ring (bicyclic) bond motifs is 3. The molecule has 3 nitrogen and oxygen atoms in total. The Balaban J connectivity index is 2.10. The Labute approximate surface area is 127 Å². The molecule has 0 radical (unpaired) electrons. The van der Waals surface area contributed by atoms with E-state index in [-0.39, 0.29) is 5.91 Å². The number of carbonyl (C=O) groups excluding carboxylic acids is 1. The highest BCUT2D eigenvalue weighted by Crippen LogP contribution is 2.30. The van der Waals surface area contributed by atoms with Crippen LogP contribution in [0.1, 0.15) is 16.1 Å². The minimum Gasteiger partial charge on any atom is -0.274 e. The molecule has 4 aromatic rings. The van der Waals surface area contributed by atoms with Gasteiger partial charge in [0.05, 0.1) is 11.0 Å². The molecular weight excluding hydrogens is 272 g/mol. The third-order valence-corrected chi connectivity index (χ3v) is 3.92. The van der Waals surface area contributed by atoms with Gasteiger partial charge in [0, 0.05) is 17.0 Å². The van der Waals surface area contributed by atoms with E-state index in [9.17, 15) is 4.79 Å². The van der Waals surface area contributed by atoms with Gasteiger partial charge in [-0.15, -0.1) is 0 Å². The van der Waals surface area contributed by atoms with Crippen molar-refractivity contribution in [3.05, 3.63) is 78.1 Å². The molecule has 0 fully saturated rings. The van der Waals surface area contributed by atoms with Crippen molar-refractivity contribution in [1.29, 1.82) is 0 Å². The monoisotopic (exact) mass is 286 g/mol. The molecule has 22 heavy (non-hydrogen) atoms. The predicted molar refractivity (Wildman–Crippen MR) is 88.1 cm³/mol. The fourth-order valence-corrected chi connectivity index (χ4v) is 2.90. The average Bonchev–Trinajstić information content (AvgIpc) is 2.88. The quantitative estimate of drug-likeness (QED) is 0.526. The second kappa shape index (κ2) is 4.81. The van der Waals surface area contributed by atoms with E-state index >= 15 is 0 Å². The zero-order chi connectivity index (χ0) is 15.1. The minimum atomic E-state index is -0.0996. The Kier molecular flexibility index (Phi) is 2.79. The summed E-state index contributed by atoms with van der Waals surface area (Å²) in [6, 6.07) is 19.6. The molecule has 2 aromatic carbocycles. The molecule has 106 valence electrons. The number of hydrogen-bond donors (Lipinski definition) is 0. The van der Waals surface area contributed by atoms with Gasteiger partial charge in [-0.2, -0.15) is 0 Å². The van der Waals surface area contributed by atoms with Gasteiger partial charge in [-0.25, -0.2) is 0 Å². The van der Waals surface area contributed by atoms with Crippen LogP contribution >= 0.6 is 0 Å². The first-order chi connectivity index (χ1) is 10.8. The van der Waals surface area contributed by atoms with Gasteiger partial charge in [-0.1, -0.05) is 36.4 Å². The summed E-state index contributed by atoms with van der Waals surface area (Å²) < 4.78 is 1.76. The van der Waals surface area contributed by atoms with Gasteiger partial charge in [-0.05, 0) is 36.8 Å². The molecule has 0 saturated carbocycles. The molecule has 0 atom stereocenters. The number of nitrogens with zero attached hydrogens (tertiary/aromatic N) is 2. The van der Waals surface area contributed by atoms with Crippen LogP contribution in [0.5, 0.6) is 0 Å². The van der Waals surface area contributed by atoms with Gasteiger partial charge < -0.3 is 0 Å². The minimum absolute atomic E-state index is 0.0996. The summed E-state index contributed by atoms with van der Waals surface area (Å²) in [5.41, 5.74) is 3.42. The summed E-state index contributed by atoms with van der Waals surface area (Å²) in [5.74, 6) is -0.0996. The van der Waals surface area contributed by atoms with Crippen LogP contribution in [0.3, 0.4) is 0 Å². The maximum Gasteiger partial charge on any atom is 0.281 e. The van der Waals surface area contributed by atoms with E-state index in [1.807, 2.05) is 37.3 Å². The summed E-state index contributed by atoms with van der Waals surface area (Å²) in [4.78, 5) is 17.1. The molecule has 0 bridgehead atoms. The van der Waals surface area contributed by atoms with E-state index in [1.54, 1.807) is 16.8 Å². The molecule has 0 saturated heterocycles. The number of carbonyl (C=O) groups is 1. The van der Waals surface area contributed by atoms with Crippen molar-refractivity contribution >= 4 is 27.7 Å². The predicted octanol–water partition coefficient (Wildman–Crippen LogP) is 4.19. The molecule has 0 amide bonds. The van der Waals surface area contributed by atoms with Gasteiger partial charge in [0.2, 0.25) is 0 Å². The van der Waals surface area contributed by atoms with Crippen LogP contribution in [0.2, 0.25) is 0 Å². The van der Waals surface area contributed by atoms with Crippen molar-refractivity contribution in [2.45, 2.75) is 6.92 Å². The first kappa shape index (κ1) is 12.8. The highest BCUT2D eigenvalue weighted by atomic mass is 16.2. The van der Waals surface area contributed by atoms with Crippen LogP contribution in [0, 0.1) is 6.92 Å². The zero-order valence-electron chi connectivity index (χ0n) is 12.2. The van der Waals surface area contributed by atoms with Crippen LogP contribution < -0.4 is 0 Å². The van der Waals surface area contributed by atoms with Crippen LogP contribution in [0.4, 0.5) is 0 Å². The van der Waals surface area contributed by atoms with E-state index in [4.69, 9.17) is 0 Å². The third-order valence-electron chi connectivity index (χ3n) is 3.92. The molecule has 4 rings (SSSR count). The highest BCUT2D eigenvalue weighted by Gasteiger charge is 2.17.